The van der Waals surface area contributed by atoms with E-state index >= 15 is 0 Å². The minimum atomic E-state index is -0.0765. The number of aromatic nitrogens is 1. The van der Waals surface area contributed by atoms with Gasteiger partial charge in [-0.2, -0.15) is 0 Å². The summed E-state index contributed by atoms with van der Waals surface area (Å²) in [5.41, 5.74) is 0.598. The van der Waals surface area contributed by atoms with Gasteiger partial charge in [0.2, 0.25) is 0 Å². The SMILES string of the molecule is O=C(NC1CCCCC1)c1ccc(N2CCN(C(=O)c3ccco3)CC2)nc1. The van der Waals surface area contributed by atoms with Gasteiger partial charge in [0, 0.05) is 38.4 Å². The lowest BCUT2D eigenvalue weighted by atomic mass is 9.95. The highest BCUT2D eigenvalue weighted by Gasteiger charge is 2.24. The van der Waals surface area contributed by atoms with Crippen LogP contribution < -0.4 is 10.2 Å². The molecule has 0 atom stereocenters. The first-order chi connectivity index (χ1) is 13.7. The molecule has 3 heterocycles. The number of hydrogen-bond donors (Lipinski definition) is 1. The molecule has 7 heteroatoms. The molecule has 148 valence electrons. The first-order valence-electron chi connectivity index (χ1n) is 10.1. The first kappa shape index (κ1) is 18.5. The minimum Gasteiger partial charge on any atom is -0.459 e. The summed E-state index contributed by atoms with van der Waals surface area (Å²) in [5, 5.41) is 3.12. The third-order valence-electron chi connectivity index (χ3n) is 5.57. The molecule has 0 bridgehead atoms. The third kappa shape index (κ3) is 4.18. The topological polar surface area (TPSA) is 78.7 Å². The van der Waals surface area contributed by atoms with Gasteiger partial charge in [0.25, 0.3) is 11.8 Å². The molecule has 0 unspecified atom stereocenters. The maximum absolute atomic E-state index is 12.4. The fourth-order valence-electron chi connectivity index (χ4n) is 3.92. The Balaban J connectivity index is 1.31. The van der Waals surface area contributed by atoms with Gasteiger partial charge >= 0.3 is 0 Å². The van der Waals surface area contributed by atoms with Gasteiger partial charge < -0.3 is 19.5 Å². The van der Waals surface area contributed by atoms with Crippen LogP contribution in [-0.2, 0) is 0 Å². The van der Waals surface area contributed by atoms with E-state index in [9.17, 15) is 9.59 Å². The Morgan fingerprint density at radius 2 is 1.82 bits per heavy atom. The zero-order valence-corrected chi connectivity index (χ0v) is 16.0. The summed E-state index contributed by atoms with van der Waals surface area (Å²) in [5.74, 6) is 1.09. The van der Waals surface area contributed by atoms with Crippen LogP contribution in [0.5, 0.6) is 0 Å². The molecule has 1 saturated heterocycles. The molecule has 0 aromatic carbocycles. The number of amides is 2. The number of pyridine rings is 1. The zero-order chi connectivity index (χ0) is 19.3. The van der Waals surface area contributed by atoms with E-state index in [0.717, 1.165) is 18.7 Å². The number of carbonyl (C=O) groups excluding carboxylic acids is 2. The predicted octanol–water partition coefficient (Wildman–Crippen LogP) is 2.70. The van der Waals surface area contributed by atoms with E-state index in [-0.39, 0.29) is 11.8 Å². The summed E-state index contributed by atoms with van der Waals surface area (Å²) in [7, 11) is 0. The van der Waals surface area contributed by atoms with Crippen molar-refractivity contribution < 1.29 is 14.0 Å². The molecule has 1 saturated carbocycles. The number of furan rings is 1. The summed E-state index contributed by atoms with van der Waals surface area (Å²) in [6, 6.07) is 7.42. The predicted molar refractivity (Wildman–Crippen MR) is 105 cm³/mol. The van der Waals surface area contributed by atoms with E-state index in [4.69, 9.17) is 4.42 Å². The van der Waals surface area contributed by atoms with Crippen LogP contribution in [0.15, 0.2) is 41.1 Å². The van der Waals surface area contributed by atoms with Crippen molar-refractivity contribution in [3.05, 3.63) is 48.0 Å². The highest BCUT2D eigenvalue weighted by molar-refractivity contribution is 5.94. The smallest absolute Gasteiger partial charge is 0.289 e. The molecule has 2 aromatic rings. The highest BCUT2D eigenvalue weighted by Crippen LogP contribution is 2.19. The van der Waals surface area contributed by atoms with Crippen molar-refractivity contribution in [3.8, 4) is 0 Å². The molecule has 1 N–H and O–H groups in total. The monoisotopic (exact) mass is 382 g/mol. The van der Waals surface area contributed by atoms with E-state index in [1.54, 1.807) is 23.2 Å². The molecular formula is C21H26N4O3. The average Bonchev–Trinajstić information content (AvgIpc) is 3.29. The molecule has 1 aliphatic heterocycles. The molecule has 7 nitrogen and oxygen atoms in total. The van der Waals surface area contributed by atoms with Crippen molar-refractivity contribution in [1.29, 1.82) is 0 Å². The number of nitrogens with one attached hydrogen (secondary N) is 1. The van der Waals surface area contributed by atoms with E-state index in [2.05, 4.69) is 15.2 Å². The van der Waals surface area contributed by atoms with E-state index in [0.29, 0.717) is 43.5 Å². The molecule has 1 aliphatic carbocycles. The number of rotatable bonds is 4. The van der Waals surface area contributed by atoms with Crippen molar-refractivity contribution in [3.63, 3.8) is 0 Å². The Kier molecular flexibility index (Phi) is 5.60. The lowest BCUT2D eigenvalue weighted by molar-refractivity contribution is 0.0714. The van der Waals surface area contributed by atoms with Crippen LogP contribution in [-0.4, -0.2) is 53.9 Å². The lowest BCUT2D eigenvalue weighted by Gasteiger charge is -2.35. The van der Waals surface area contributed by atoms with Gasteiger partial charge in [-0.1, -0.05) is 19.3 Å². The summed E-state index contributed by atoms with van der Waals surface area (Å²) in [6.45, 7) is 2.64. The van der Waals surface area contributed by atoms with E-state index in [1.807, 2.05) is 12.1 Å². The Morgan fingerprint density at radius 1 is 1.04 bits per heavy atom. The van der Waals surface area contributed by atoms with Crippen LogP contribution in [0.4, 0.5) is 5.82 Å². The Labute approximate surface area is 164 Å². The van der Waals surface area contributed by atoms with Crippen LogP contribution >= 0.6 is 0 Å². The maximum Gasteiger partial charge on any atom is 0.289 e. The largest absolute Gasteiger partial charge is 0.459 e. The summed E-state index contributed by atoms with van der Waals surface area (Å²) < 4.78 is 5.19. The number of nitrogens with zero attached hydrogens (tertiary/aromatic N) is 3. The van der Waals surface area contributed by atoms with Crippen molar-refractivity contribution in [2.75, 3.05) is 31.1 Å². The fraction of sp³-hybridized carbons (Fsp3) is 0.476. The van der Waals surface area contributed by atoms with Gasteiger partial charge in [0.1, 0.15) is 5.82 Å². The average molecular weight is 382 g/mol. The van der Waals surface area contributed by atoms with Gasteiger partial charge in [0.15, 0.2) is 5.76 Å². The van der Waals surface area contributed by atoms with E-state index < -0.39 is 0 Å². The van der Waals surface area contributed by atoms with Crippen LogP contribution in [0, 0.1) is 0 Å². The van der Waals surface area contributed by atoms with Crippen molar-refractivity contribution in [2.24, 2.45) is 0 Å². The van der Waals surface area contributed by atoms with Gasteiger partial charge in [-0.05, 0) is 37.1 Å². The second-order valence-corrected chi connectivity index (χ2v) is 7.47. The normalized spacial score (nSPS) is 18.1. The summed E-state index contributed by atoms with van der Waals surface area (Å²) >= 11 is 0. The number of hydrogen-bond acceptors (Lipinski definition) is 5. The Morgan fingerprint density at radius 3 is 2.46 bits per heavy atom. The van der Waals surface area contributed by atoms with Crippen LogP contribution in [0.3, 0.4) is 0 Å². The lowest BCUT2D eigenvalue weighted by Crippen LogP contribution is -2.49. The molecule has 2 aromatic heterocycles. The van der Waals surface area contributed by atoms with Crippen molar-refractivity contribution in [1.82, 2.24) is 15.2 Å². The summed E-state index contributed by atoms with van der Waals surface area (Å²) in [4.78, 5) is 33.2. The highest BCUT2D eigenvalue weighted by atomic mass is 16.3. The zero-order valence-electron chi connectivity index (χ0n) is 16.0. The van der Waals surface area contributed by atoms with Gasteiger partial charge in [-0.15, -0.1) is 0 Å². The molecule has 2 fully saturated rings. The Bertz CT molecular complexity index is 790. The molecule has 2 aliphatic rings. The second-order valence-electron chi connectivity index (χ2n) is 7.47. The minimum absolute atomic E-state index is 0.0418. The standard InChI is InChI=1S/C21H26N4O3/c26-20(23-17-5-2-1-3-6-17)16-8-9-19(22-15-16)24-10-12-25(13-11-24)21(27)18-7-4-14-28-18/h4,7-9,14-15,17H,1-3,5-6,10-13H2,(H,23,26). The van der Waals surface area contributed by atoms with Gasteiger partial charge in [-0.3, -0.25) is 9.59 Å². The van der Waals surface area contributed by atoms with E-state index in [1.165, 1.54) is 25.5 Å². The van der Waals surface area contributed by atoms with Gasteiger partial charge in [0.05, 0.1) is 11.8 Å². The molecular weight excluding hydrogens is 356 g/mol. The second kappa shape index (κ2) is 8.46. The van der Waals surface area contributed by atoms with Crippen LogP contribution in [0.1, 0.15) is 53.0 Å². The van der Waals surface area contributed by atoms with Crippen molar-refractivity contribution in [2.45, 2.75) is 38.1 Å². The summed E-state index contributed by atoms with van der Waals surface area (Å²) in [6.07, 6.45) is 8.94. The van der Waals surface area contributed by atoms with Crippen LogP contribution in [0.2, 0.25) is 0 Å². The third-order valence-corrected chi connectivity index (χ3v) is 5.57. The number of carbonyl (C=O) groups is 2. The molecule has 28 heavy (non-hydrogen) atoms. The van der Waals surface area contributed by atoms with Crippen LogP contribution in [0.25, 0.3) is 0 Å². The fourth-order valence-corrected chi connectivity index (χ4v) is 3.92. The van der Waals surface area contributed by atoms with Gasteiger partial charge in [-0.25, -0.2) is 4.98 Å². The van der Waals surface area contributed by atoms with Crippen molar-refractivity contribution >= 4 is 17.6 Å². The first-order valence-corrected chi connectivity index (χ1v) is 10.1. The number of anilines is 1. The molecule has 4 rings (SSSR count). The molecule has 2 amide bonds. The maximum atomic E-state index is 12.4. The molecule has 0 spiro atoms. The Hall–Kier alpha value is -2.83. The molecule has 0 radical (unpaired) electrons. The number of piperazine rings is 1. The quantitative estimate of drug-likeness (QED) is 0.880.